The monoisotopic (exact) mass is 269 g/mol. The molecule has 3 rings (SSSR count). The van der Waals surface area contributed by atoms with E-state index in [1.165, 1.54) is 43.2 Å². The predicted molar refractivity (Wildman–Crippen MR) is 85.8 cm³/mol. The van der Waals surface area contributed by atoms with Crippen LogP contribution < -0.4 is 11.1 Å². The highest BCUT2D eigenvalue weighted by molar-refractivity contribution is 5.92. The average Bonchev–Trinajstić information content (AvgIpc) is 2.47. The third-order valence-corrected chi connectivity index (χ3v) is 4.49. The van der Waals surface area contributed by atoms with E-state index in [1.54, 1.807) is 0 Å². The Bertz CT molecular complexity index is 594. The van der Waals surface area contributed by atoms with Crippen molar-refractivity contribution in [3.63, 3.8) is 0 Å². The number of hydrogen-bond acceptors (Lipinski definition) is 3. The van der Waals surface area contributed by atoms with Crippen LogP contribution in [0.4, 0.5) is 11.4 Å². The molecule has 0 bridgehead atoms. The fraction of sp³-hybridized carbons (Fsp3) is 0.471. The Morgan fingerprint density at radius 3 is 3.05 bits per heavy atom. The van der Waals surface area contributed by atoms with Gasteiger partial charge in [-0.05, 0) is 43.0 Å². The molecule has 1 heterocycles. The average molecular weight is 269 g/mol. The fourth-order valence-electron chi connectivity index (χ4n) is 3.30. The first kappa shape index (κ1) is 13.2. The van der Waals surface area contributed by atoms with Crippen LogP contribution in [-0.4, -0.2) is 11.0 Å². The lowest BCUT2D eigenvalue weighted by atomic mass is 9.84. The number of fused-ring (bicyclic) bond motifs is 1. The Morgan fingerprint density at radius 1 is 1.30 bits per heavy atom. The standard InChI is InChI=1S/C17H23N3/c1-2-12-4-3-5-14(10-12)20-16-8-9-19-17-11-13(18)6-7-15(16)17/h6-9,11-12,14H,2-5,10,18H2,1H3,(H,19,20). The van der Waals surface area contributed by atoms with Crippen LogP contribution in [-0.2, 0) is 0 Å². The number of nitrogens with two attached hydrogens (primary N) is 1. The van der Waals surface area contributed by atoms with Gasteiger partial charge < -0.3 is 11.1 Å². The van der Waals surface area contributed by atoms with E-state index in [1.807, 2.05) is 18.3 Å². The molecule has 3 heteroatoms. The normalized spacial score (nSPS) is 22.9. The maximum atomic E-state index is 5.83. The largest absolute Gasteiger partial charge is 0.399 e. The lowest BCUT2D eigenvalue weighted by Gasteiger charge is -2.30. The van der Waals surface area contributed by atoms with Gasteiger partial charge in [0.05, 0.1) is 5.52 Å². The highest BCUT2D eigenvalue weighted by Crippen LogP contribution is 2.31. The quantitative estimate of drug-likeness (QED) is 0.821. The molecule has 0 spiro atoms. The number of pyridine rings is 1. The van der Waals surface area contributed by atoms with E-state index in [0.29, 0.717) is 6.04 Å². The van der Waals surface area contributed by atoms with Gasteiger partial charge in [-0.1, -0.05) is 26.2 Å². The SMILES string of the molecule is CCC1CCCC(Nc2ccnc3cc(N)ccc23)C1. The first-order chi connectivity index (χ1) is 9.76. The smallest absolute Gasteiger partial charge is 0.0743 e. The van der Waals surface area contributed by atoms with Gasteiger partial charge in [0.2, 0.25) is 0 Å². The van der Waals surface area contributed by atoms with E-state index in [-0.39, 0.29) is 0 Å². The summed E-state index contributed by atoms with van der Waals surface area (Å²) in [5, 5.41) is 4.89. The lowest BCUT2D eigenvalue weighted by Crippen LogP contribution is -2.27. The molecule has 0 amide bonds. The number of nitrogens with zero attached hydrogens (tertiary/aromatic N) is 1. The third-order valence-electron chi connectivity index (χ3n) is 4.49. The van der Waals surface area contributed by atoms with Crippen LogP contribution in [0.5, 0.6) is 0 Å². The Kier molecular flexibility index (Phi) is 3.77. The molecule has 20 heavy (non-hydrogen) atoms. The second-order valence-corrected chi connectivity index (χ2v) is 5.92. The molecule has 3 N–H and O–H groups in total. The number of rotatable bonds is 3. The summed E-state index contributed by atoms with van der Waals surface area (Å²) in [7, 11) is 0. The Balaban J connectivity index is 1.83. The van der Waals surface area contributed by atoms with E-state index < -0.39 is 0 Å². The molecule has 2 aromatic rings. The minimum atomic E-state index is 0.594. The molecule has 2 unspecified atom stereocenters. The summed E-state index contributed by atoms with van der Waals surface area (Å²) in [6.45, 7) is 2.30. The van der Waals surface area contributed by atoms with Gasteiger partial charge >= 0.3 is 0 Å². The third kappa shape index (κ3) is 2.72. The van der Waals surface area contributed by atoms with Crippen molar-refractivity contribution in [2.24, 2.45) is 5.92 Å². The zero-order valence-electron chi connectivity index (χ0n) is 12.1. The van der Waals surface area contributed by atoms with Crippen LogP contribution in [0.1, 0.15) is 39.0 Å². The Labute approximate surface area is 120 Å². The van der Waals surface area contributed by atoms with Crippen molar-refractivity contribution in [1.29, 1.82) is 0 Å². The number of anilines is 2. The van der Waals surface area contributed by atoms with Gasteiger partial charge in [-0.15, -0.1) is 0 Å². The second kappa shape index (κ2) is 5.70. The first-order valence-corrected chi connectivity index (χ1v) is 7.67. The van der Waals surface area contributed by atoms with Crippen molar-refractivity contribution >= 4 is 22.3 Å². The fourth-order valence-corrected chi connectivity index (χ4v) is 3.30. The number of nitrogen functional groups attached to an aromatic ring is 1. The van der Waals surface area contributed by atoms with Crippen molar-refractivity contribution in [2.45, 2.75) is 45.1 Å². The van der Waals surface area contributed by atoms with Crippen molar-refractivity contribution < 1.29 is 0 Å². The Morgan fingerprint density at radius 2 is 2.20 bits per heavy atom. The predicted octanol–water partition coefficient (Wildman–Crippen LogP) is 4.20. The molecule has 1 aromatic carbocycles. The molecule has 1 fully saturated rings. The van der Waals surface area contributed by atoms with Crippen molar-refractivity contribution in [2.75, 3.05) is 11.1 Å². The number of hydrogen-bond donors (Lipinski definition) is 2. The topological polar surface area (TPSA) is 50.9 Å². The molecule has 1 aliphatic carbocycles. The molecule has 3 nitrogen and oxygen atoms in total. The molecular formula is C17H23N3. The van der Waals surface area contributed by atoms with Crippen LogP contribution in [0.25, 0.3) is 10.9 Å². The zero-order chi connectivity index (χ0) is 13.9. The van der Waals surface area contributed by atoms with Crippen LogP contribution in [0.15, 0.2) is 30.5 Å². The highest BCUT2D eigenvalue weighted by atomic mass is 14.9. The van der Waals surface area contributed by atoms with Crippen molar-refractivity contribution in [3.05, 3.63) is 30.5 Å². The molecular weight excluding hydrogens is 246 g/mol. The molecule has 106 valence electrons. The molecule has 1 aromatic heterocycles. The second-order valence-electron chi connectivity index (χ2n) is 5.92. The number of nitrogens with one attached hydrogen (secondary N) is 1. The highest BCUT2D eigenvalue weighted by Gasteiger charge is 2.20. The maximum absolute atomic E-state index is 5.83. The van der Waals surface area contributed by atoms with Gasteiger partial charge in [-0.3, -0.25) is 4.98 Å². The number of benzene rings is 1. The summed E-state index contributed by atoms with van der Waals surface area (Å²) in [6, 6.07) is 8.63. The van der Waals surface area contributed by atoms with Crippen molar-refractivity contribution in [3.8, 4) is 0 Å². The maximum Gasteiger partial charge on any atom is 0.0743 e. The van der Waals surface area contributed by atoms with Gasteiger partial charge in [-0.25, -0.2) is 0 Å². The molecule has 0 aliphatic heterocycles. The summed E-state index contributed by atoms with van der Waals surface area (Å²) < 4.78 is 0. The minimum absolute atomic E-state index is 0.594. The lowest BCUT2D eigenvalue weighted by molar-refractivity contribution is 0.327. The molecule has 1 saturated carbocycles. The molecule has 2 atom stereocenters. The van der Waals surface area contributed by atoms with E-state index in [2.05, 4.69) is 29.4 Å². The van der Waals surface area contributed by atoms with Gasteiger partial charge in [-0.2, -0.15) is 0 Å². The molecule has 0 saturated heterocycles. The summed E-state index contributed by atoms with van der Waals surface area (Å²) in [6.07, 6.45) is 8.45. The van der Waals surface area contributed by atoms with Gasteiger partial charge in [0.1, 0.15) is 0 Å². The van der Waals surface area contributed by atoms with Gasteiger partial charge in [0, 0.05) is 29.0 Å². The van der Waals surface area contributed by atoms with Gasteiger partial charge in [0.25, 0.3) is 0 Å². The summed E-state index contributed by atoms with van der Waals surface area (Å²) >= 11 is 0. The minimum Gasteiger partial charge on any atom is -0.399 e. The summed E-state index contributed by atoms with van der Waals surface area (Å²) in [5.74, 6) is 0.880. The van der Waals surface area contributed by atoms with E-state index in [0.717, 1.165) is 17.1 Å². The van der Waals surface area contributed by atoms with Crippen LogP contribution >= 0.6 is 0 Å². The Hall–Kier alpha value is -1.77. The number of aromatic nitrogens is 1. The van der Waals surface area contributed by atoms with E-state index in [9.17, 15) is 0 Å². The van der Waals surface area contributed by atoms with E-state index in [4.69, 9.17) is 5.73 Å². The molecule has 0 radical (unpaired) electrons. The van der Waals surface area contributed by atoms with E-state index >= 15 is 0 Å². The first-order valence-electron chi connectivity index (χ1n) is 7.67. The van der Waals surface area contributed by atoms with Crippen LogP contribution in [0.3, 0.4) is 0 Å². The summed E-state index contributed by atoms with van der Waals surface area (Å²) in [4.78, 5) is 4.41. The molecule has 1 aliphatic rings. The summed E-state index contributed by atoms with van der Waals surface area (Å²) in [5.41, 5.74) is 8.77. The van der Waals surface area contributed by atoms with Crippen LogP contribution in [0, 0.1) is 5.92 Å². The van der Waals surface area contributed by atoms with Crippen LogP contribution in [0.2, 0.25) is 0 Å². The van der Waals surface area contributed by atoms with Gasteiger partial charge in [0.15, 0.2) is 0 Å². The zero-order valence-corrected chi connectivity index (χ0v) is 12.1. The van der Waals surface area contributed by atoms with Crippen molar-refractivity contribution in [1.82, 2.24) is 4.98 Å².